The fraction of sp³-hybridized carbons (Fsp3) is 0.421. The zero-order valence-electron chi connectivity index (χ0n) is 15.6. The van der Waals surface area contributed by atoms with E-state index in [1.807, 2.05) is 26.0 Å². The molecule has 0 bridgehead atoms. The van der Waals surface area contributed by atoms with Gasteiger partial charge in [-0.25, -0.2) is 0 Å². The van der Waals surface area contributed by atoms with E-state index >= 15 is 0 Å². The van der Waals surface area contributed by atoms with E-state index in [0.717, 1.165) is 11.7 Å². The number of fused-ring (bicyclic) bond motifs is 1. The predicted molar refractivity (Wildman–Crippen MR) is 115 cm³/mol. The fourth-order valence-corrected chi connectivity index (χ4v) is 2.29. The van der Waals surface area contributed by atoms with Gasteiger partial charge in [0, 0.05) is 27.2 Å². The molecule has 0 spiro atoms. The molecule has 0 aliphatic carbocycles. The molecule has 0 unspecified atom stereocenters. The first-order chi connectivity index (χ1) is 11.5. The molecule has 2 aromatic carbocycles. The highest BCUT2D eigenvalue weighted by Crippen LogP contribution is 2.21. The molecule has 0 atom stereocenters. The van der Waals surface area contributed by atoms with Crippen LogP contribution in [0.2, 0.25) is 0 Å². The smallest absolute Gasteiger partial charge is 0.191 e. The Bertz CT molecular complexity index is 717. The number of halogens is 1. The van der Waals surface area contributed by atoms with E-state index in [4.69, 9.17) is 9.47 Å². The number of aliphatic imine (C=N–C) groups is 1. The molecular formula is C19H28IN3O2. The summed E-state index contributed by atoms with van der Waals surface area (Å²) in [4.78, 5) is 4.25. The van der Waals surface area contributed by atoms with Crippen molar-refractivity contribution >= 4 is 40.7 Å². The highest BCUT2D eigenvalue weighted by molar-refractivity contribution is 14.0. The van der Waals surface area contributed by atoms with Gasteiger partial charge >= 0.3 is 0 Å². The monoisotopic (exact) mass is 457 g/mol. The van der Waals surface area contributed by atoms with Crippen LogP contribution in [0.15, 0.2) is 41.4 Å². The van der Waals surface area contributed by atoms with Gasteiger partial charge in [-0.05, 0) is 48.4 Å². The van der Waals surface area contributed by atoms with Crippen molar-refractivity contribution in [3.63, 3.8) is 0 Å². The first kappa shape index (κ1) is 21.5. The lowest BCUT2D eigenvalue weighted by molar-refractivity contribution is 0.0268. The van der Waals surface area contributed by atoms with Crippen molar-refractivity contribution in [1.82, 2.24) is 10.6 Å². The topological polar surface area (TPSA) is 54.9 Å². The van der Waals surface area contributed by atoms with Gasteiger partial charge in [0.15, 0.2) is 5.96 Å². The zero-order valence-corrected chi connectivity index (χ0v) is 17.9. The van der Waals surface area contributed by atoms with E-state index in [2.05, 4.69) is 39.9 Å². The molecule has 0 aromatic heterocycles. The largest absolute Gasteiger partial charge is 0.497 e. The first-order valence-electron chi connectivity index (χ1n) is 8.04. The Morgan fingerprint density at radius 1 is 1.04 bits per heavy atom. The van der Waals surface area contributed by atoms with Crippen LogP contribution in [0.3, 0.4) is 0 Å². The van der Waals surface area contributed by atoms with Crippen LogP contribution in [-0.4, -0.2) is 39.4 Å². The third kappa shape index (κ3) is 6.36. The number of rotatable bonds is 6. The standard InChI is InChI=1S/C19H27N3O2.HI/c1-19(2,24-5)13-22-18(20-3)21-12-14-6-7-16-11-17(23-4)9-8-15(16)10-14;/h6-11H,12-13H2,1-5H3,(H2,20,21,22);1H. The number of methoxy groups -OCH3 is 2. The van der Waals surface area contributed by atoms with Crippen LogP contribution in [0.25, 0.3) is 10.8 Å². The van der Waals surface area contributed by atoms with Gasteiger partial charge in [0.25, 0.3) is 0 Å². The van der Waals surface area contributed by atoms with Crippen molar-refractivity contribution in [3.8, 4) is 5.75 Å². The summed E-state index contributed by atoms with van der Waals surface area (Å²) >= 11 is 0. The Labute approximate surface area is 167 Å². The van der Waals surface area contributed by atoms with Gasteiger partial charge in [0.1, 0.15) is 5.75 Å². The lowest BCUT2D eigenvalue weighted by Crippen LogP contribution is -2.45. The fourth-order valence-electron chi connectivity index (χ4n) is 2.29. The number of ether oxygens (including phenoxy) is 2. The second-order valence-corrected chi connectivity index (χ2v) is 6.29. The van der Waals surface area contributed by atoms with Crippen molar-refractivity contribution in [1.29, 1.82) is 0 Å². The van der Waals surface area contributed by atoms with Crippen LogP contribution in [0.4, 0.5) is 0 Å². The highest BCUT2D eigenvalue weighted by atomic mass is 127. The number of nitrogens with zero attached hydrogens (tertiary/aromatic N) is 1. The number of benzene rings is 2. The Morgan fingerprint density at radius 2 is 1.72 bits per heavy atom. The molecule has 0 saturated carbocycles. The van der Waals surface area contributed by atoms with Gasteiger partial charge in [-0.2, -0.15) is 0 Å². The normalized spacial score (nSPS) is 11.8. The Hall–Kier alpha value is -1.54. The number of hydrogen-bond donors (Lipinski definition) is 2. The molecule has 0 radical (unpaired) electrons. The Kier molecular flexibility index (Phi) is 8.44. The Morgan fingerprint density at radius 3 is 2.36 bits per heavy atom. The van der Waals surface area contributed by atoms with Crippen molar-refractivity contribution in [2.45, 2.75) is 26.0 Å². The quantitative estimate of drug-likeness (QED) is 0.396. The van der Waals surface area contributed by atoms with Crippen molar-refractivity contribution in [2.24, 2.45) is 4.99 Å². The highest BCUT2D eigenvalue weighted by Gasteiger charge is 2.16. The summed E-state index contributed by atoms with van der Waals surface area (Å²) in [5, 5.41) is 8.97. The van der Waals surface area contributed by atoms with Crippen molar-refractivity contribution < 1.29 is 9.47 Å². The third-order valence-corrected chi connectivity index (χ3v) is 4.03. The van der Waals surface area contributed by atoms with Gasteiger partial charge in [0.05, 0.1) is 12.7 Å². The summed E-state index contributed by atoms with van der Waals surface area (Å²) in [7, 11) is 5.16. The third-order valence-electron chi connectivity index (χ3n) is 4.03. The minimum atomic E-state index is -0.236. The number of nitrogens with one attached hydrogen (secondary N) is 2. The maximum atomic E-state index is 5.41. The van der Waals surface area contributed by atoms with E-state index in [-0.39, 0.29) is 29.6 Å². The van der Waals surface area contributed by atoms with Crippen LogP contribution in [0.5, 0.6) is 5.75 Å². The van der Waals surface area contributed by atoms with Crippen LogP contribution in [0, 0.1) is 0 Å². The summed E-state index contributed by atoms with van der Waals surface area (Å²) in [6.45, 7) is 5.45. The summed E-state index contributed by atoms with van der Waals surface area (Å²) in [5.41, 5.74) is 0.959. The molecule has 0 heterocycles. The number of hydrogen-bond acceptors (Lipinski definition) is 3. The molecule has 5 nitrogen and oxygen atoms in total. The Balaban J connectivity index is 0.00000312. The van der Waals surface area contributed by atoms with Gasteiger partial charge in [-0.1, -0.05) is 18.2 Å². The molecule has 0 aliphatic heterocycles. The van der Waals surface area contributed by atoms with Gasteiger partial charge in [-0.15, -0.1) is 24.0 Å². The maximum Gasteiger partial charge on any atom is 0.191 e. The minimum Gasteiger partial charge on any atom is -0.497 e. The molecule has 0 saturated heterocycles. The van der Waals surface area contributed by atoms with E-state index < -0.39 is 0 Å². The summed E-state index contributed by atoms with van der Waals surface area (Å²) in [5.74, 6) is 1.63. The predicted octanol–water partition coefficient (Wildman–Crippen LogP) is 3.56. The average molecular weight is 457 g/mol. The second-order valence-electron chi connectivity index (χ2n) is 6.29. The van der Waals surface area contributed by atoms with E-state index in [1.54, 1.807) is 21.3 Å². The SMILES string of the molecule is CN=C(NCc1ccc2cc(OC)ccc2c1)NCC(C)(C)OC.I. The second kappa shape index (κ2) is 9.82. The molecule has 0 amide bonds. The zero-order chi connectivity index (χ0) is 17.6. The molecule has 2 rings (SSSR count). The summed E-state index contributed by atoms with van der Waals surface area (Å²) in [6, 6.07) is 12.5. The van der Waals surface area contributed by atoms with E-state index in [9.17, 15) is 0 Å². The molecule has 0 fully saturated rings. The molecule has 25 heavy (non-hydrogen) atoms. The van der Waals surface area contributed by atoms with Crippen LogP contribution >= 0.6 is 24.0 Å². The molecule has 2 N–H and O–H groups in total. The summed E-state index contributed by atoms with van der Waals surface area (Å²) < 4.78 is 10.7. The molecular weight excluding hydrogens is 429 g/mol. The van der Waals surface area contributed by atoms with Gasteiger partial charge in [0.2, 0.25) is 0 Å². The average Bonchev–Trinajstić information content (AvgIpc) is 2.61. The molecule has 0 aliphatic rings. The van der Waals surface area contributed by atoms with Crippen molar-refractivity contribution in [2.75, 3.05) is 27.8 Å². The van der Waals surface area contributed by atoms with Gasteiger partial charge < -0.3 is 20.1 Å². The molecule has 6 heteroatoms. The van der Waals surface area contributed by atoms with Crippen LogP contribution in [-0.2, 0) is 11.3 Å². The molecule has 2 aromatic rings. The molecule has 138 valence electrons. The lowest BCUT2D eigenvalue weighted by Gasteiger charge is -2.24. The first-order valence-corrected chi connectivity index (χ1v) is 8.04. The van der Waals surface area contributed by atoms with E-state index in [1.165, 1.54) is 16.3 Å². The minimum absolute atomic E-state index is 0. The van der Waals surface area contributed by atoms with Crippen LogP contribution in [0.1, 0.15) is 19.4 Å². The van der Waals surface area contributed by atoms with Crippen LogP contribution < -0.4 is 15.4 Å². The van der Waals surface area contributed by atoms with Crippen molar-refractivity contribution in [3.05, 3.63) is 42.0 Å². The lowest BCUT2D eigenvalue weighted by atomic mass is 10.1. The van der Waals surface area contributed by atoms with E-state index in [0.29, 0.717) is 13.1 Å². The maximum absolute atomic E-state index is 5.41. The van der Waals surface area contributed by atoms with Gasteiger partial charge in [-0.3, -0.25) is 4.99 Å². The summed E-state index contributed by atoms with van der Waals surface area (Å²) in [6.07, 6.45) is 0. The number of guanidine groups is 1.